The van der Waals surface area contributed by atoms with Crippen molar-refractivity contribution in [2.24, 2.45) is 5.92 Å². The van der Waals surface area contributed by atoms with Crippen LogP contribution in [0.15, 0.2) is 18.2 Å². The zero-order valence-electron chi connectivity index (χ0n) is 14.9. The monoisotopic (exact) mass is 394 g/mol. The van der Waals surface area contributed by atoms with Gasteiger partial charge in [-0.3, -0.25) is 15.6 Å². The van der Waals surface area contributed by atoms with Crippen LogP contribution in [0.5, 0.6) is 0 Å². The molecule has 2 N–H and O–H groups in total. The number of hydrogen-bond acceptors (Lipinski definition) is 3. The van der Waals surface area contributed by atoms with E-state index >= 15 is 0 Å². The summed E-state index contributed by atoms with van der Waals surface area (Å²) in [5.74, 6) is 0.854. The third kappa shape index (κ3) is 3.60. The van der Waals surface area contributed by atoms with Gasteiger partial charge in [0.05, 0.1) is 21.7 Å². The molecular formula is C19H24Cl2N4O. The van der Waals surface area contributed by atoms with Gasteiger partial charge >= 0.3 is 0 Å². The van der Waals surface area contributed by atoms with Gasteiger partial charge < -0.3 is 9.80 Å². The number of carbonyl (C=O) groups is 1. The molecule has 26 heavy (non-hydrogen) atoms. The van der Waals surface area contributed by atoms with Gasteiger partial charge in [0.1, 0.15) is 11.7 Å². The standard InChI is InChI=1S/C19H24Cl2N4O/c1-12-17(22)25(18(23)13-6-3-2-4-7-13)11-10-24(12)19(26)14-8-5-9-15(20)16(14)21/h5,8-9,12-13,22-23H,2-4,6-7,10-11H2,1H3. The van der Waals surface area contributed by atoms with Crippen molar-refractivity contribution in [1.82, 2.24) is 9.80 Å². The van der Waals surface area contributed by atoms with Gasteiger partial charge in [-0.2, -0.15) is 0 Å². The fraction of sp³-hybridized carbons (Fsp3) is 0.526. The lowest BCUT2D eigenvalue weighted by molar-refractivity contribution is 0.0699. The van der Waals surface area contributed by atoms with Gasteiger partial charge in [0, 0.05) is 19.0 Å². The number of nitrogens with one attached hydrogen (secondary N) is 2. The van der Waals surface area contributed by atoms with Crippen LogP contribution in [0.3, 0.4) is 0 Å². The van der Waals surface area contributed by atoms with Crippen molar-refractivity contribution in [3.05, 3.63) is 33.8 Å². The van der Waals surface area contributed by atoms with Crippen LogP contribution < -0.4 is 0 Å². The fourth-order valence-electron chi connectivity index (χ4n) is 3.84. The fourth-order valence-corrected chi connectivity index (χ4v) is 4.22. The van der Waals surface area contributed by atoms with Gasteiger partial charge in [-0.05, 0) is 31.9 Å². The molecule has 140 valence electrons. The summed E-state index contributed by atoms with van der Waals surface area (Å²) in [6.45, 7) is 2.77. The van der Waals surface area contributed by atoms with E-state index in [-0.39, 0.29) is 16.8 Å². The van der Waals surface area contributed by atoms with E-state index in [9.17, 15) is 4.79 Å². The summed E-state index contributed by atoms with van der Waals surface area (Å²) in [6, 6.07) is 4.60. The quantitative estimate of drug-likeness (QED) is 0.564. The van der Waals surface area contributed by atoms with E-state index in [4.69, 9.17) is 34.0 Å². The Balaban J connectivity index is 1.74. The second-order valence-electron chi connectivity index (χ2n) is 7.03. The second kappa shape index (κ2) is 7.97. The number of benzene rings is 1. The highest BCUT2D eigenvalue weighted by Gasteiger charge is 2.36. The Hall–Kier alpha value is -1.59. The highest BCUT2D eigenvalue weighted by molar-refractivity contribution is 6.43. The van der Waals surface area contributed by atoms with Crippen molar-refractivity contribution in [3.63, 3.8) is 0 Å². The summed E-state index contributed by atoms with van der Waals surface area (Å²) in [6.07, 6.45) is 5.60. The SMILES string of the molecule is CC1C(=N)N(C(=N)C2CCCCC2)CCN1C(=O)c1cccc(Cl)c1Cl. The molecular weight excluding hydrogens is 371 g/mol. The molecule has 1 amide bonds. The average molecular weight is 395 g/mol. The lowest BCUT2D eigenvalue weighted by Crippen LogP contribution is -2.59. The molecule has 1 aromatic carbocycles. The Morgan fingerprint density at radius 2 is 1.85 bits per heavy atom. The topological polar surface area (TPSA) is 71.2 Å². The average Bonchev–Trinajstić information content (AvgIpc) is 2.66. The number of amides is 1. The van der Waals surface area contributed by atoms with Crippen LogP contribution in [-0.4, -0.2) is 46.5 Å². The van der Waals surface area contributed by atoms with E-state index in [1.54, 1.807) is 28.0 Å². The Morgan fingerprint density at radius 3 is 2.54 bits per heavy atom. The highest BCUT2D eigenvalue weighted by atomic mass is 35.5. The predicted molar refractivity (Wildman–Crippen MR) is 106 cm³/mol. The molecule has 2 fully saturated rings. The molecule has 0 aromatic heterocycles. The molecule has 5 nitrogen and oxygen atoms in total. The van der Waals surface area contributed by atoms with Gasteiger partial charge in [-0.25, -0.2) is 0 Å². The summed E-state index contributed by atoms with van der Waals surface area (Å²) in [4.78, 5) is 16.3. The normalized spacial score (nSPS) is 21.8. The number of amidine groups is 2. The van der Waals surface area contributed by atoms with E-state index in [2.05, 4.69) is 0 Å². The summed E-state index contributed by atoms with van der Waals surface area (Å²) < 4.78 is 0. The molecule has 1 aliphatic carbocycles. The lowest BCUT2D eigenvalue weighted by atomic mass is 9.87. The molecule has 3 rings (SSSR count). The highest BCUT2D eigenvalue weighted by Crippen LogP contribution is 2.29. The summed E-state index contributed by atoms with van der Waals surface area (Å²) in [5.41, 5.74) is 0.356. The first-order valence-electron chi connectivity index (χ1n) is 9.11. The molecule has 7 heteroatoms. The molecule has 1 atom stereocenters. The maximum absolute atomic E-state index is 12.9. The van der Waals surface area contributed by atoms with Crippen LogP contribution >= 0.6 is 23.2 Å². The second-order valence-corrected chi connectivity index (χ2v) is 7.82. The van der Waals surface area contributed by atoms with Crippen molar-refractivity contribution in [1.29, 1.82) is 10.8 Å². The van der Waals surface area contributed by atoms with Gasteiger partial charge in [-0.1, -0.05) is 48.5 Å². The molecule has 0 radical (unpaired) electrons. The van der Waals surface area contributed by atoms with Crippen molar-refractivity contribution < 1.29 is 4.79 Å². The molecule has 1 unspecified atom stereocenters. The van der Waals surface area contributed by atoms with Crippen LogP contribution in [0.25, 0.3) is 0 Å². The Morgan fingerprint density at radius 1 is 1.15 bits per heavy atom. The van der Waals surface area contributed by atoms with Crippen molar-refractivity contribution in [2.45, 2.75) is 45.1 Å². The number of carbonyl (C=O) groups excluding carboxylic acids is 1. The largest absolute Gasteiger partial charge is 0.327 e. The first-order chi connectivity index (χ1) is 12.4. The molecule has 0 spiro atoms. The molecule has 2 aliphatic rings. The van der Waals surface area contributed by atoms with E-state index < -0.39 is 6.04 Å². The molecule has 0 bridgehead atoms. The van der Waals surface area contributed by atoms with Crippen molar-refractivity contribution >= 4 is 40.8 Å². The lowest BCUT2D eigenvalue weighted by Gasteiger charge is -2.43. The third-order valence-electron chi connectivity index (χ3n) is 5.44. The molecule has 1 aliphatic heterocycles. The smallest absolute Gasteiger partial charge is 0.256 e. The molecule has 1 saturated carbocycles. The van der Waals surface area contributed by atoms with Crippen LogP contribution in [0, 0.1) is 16.7 Å². The van der Waals surface area contributed by atoms with Crippen LogP contribution in [0.2, 0.25) is 10.0 Å². The van der Waals surface area contributed by atoms with E-state index in [1.165, 1.54) is 6.42 Å². The first kappa shape index (κ1) is 19.2. The van der Waals surface area contributed by atoms with Crippen molar-refractivity contribution in [2.75, 3.05) is 13.1 Å². The predicted octanol–water partition coefficient (Wildman–Crippen LogP) is 4.67. The number of rotatable bonds is 2. The van der Waals surface area contributed by atoms with Gasteiger partial charge in [-0.15, -0.1) is 0 Å². The van der Waals surface area contributed by atoms with Crippen LogP contribution in [-0.2, 0) is 0 Å². The van der Waals surface area contributed by atoms with E-state index in [0.717, 1.165) is 25.7 Å². The van der Waals surface area contributed by atoms with Crippen LogP contribution in [0.1, 0.15) is 49.4 Å². The molecule has 1 aromatic rings. The summed E-state index contributed by atoms with van der Waals surface area (Å²) >= 11 is 12.2. The number of nitrogens with zero attached hydrogens (tertiary/aromatic N) is 2. The Labute approximate surface area is 164 Å². The number of hydrogen-bond donors (Lipinski definition) is 2. The zero-order valence-corrected chi connectivity index (χ0v) is 16.4. The minimum Gasteiger partial charge on any atom is -0.327 e. The maximum atomic E-state index is 12.9. The van der Waals surface area contributed by atoms with Crippen molar-refractivity contribution in [3.8, 4) is 0 Å². The minimum absolute atomic E-state index is 0.224. The Bertz CT molecular complexity index is 730. The number of piperazine rings is 1. The van der Waals surface area contributed by atoms with E-state index in [1.807, 2.05) is 6.92 Å². The molecule has 1 heterocycles. The Kier molecular flexibility index (Phi) is 5.88. The summed E-state index contributed by atoms with van der Waals surface area (Å²) in [7, 11) is 0. The summed E-state index contributed by atoms with van der Waals surface area (Å²) in [5, 5.41) is 17.6. The zero-order chi connectivity index (χ0) is 18.8. The van der Waals surface area contributed by atoms with Gasteiger partial charge in [0.2, 0.25) is 0 Å². The third-order valence-corrected chi connectivity index (χ3v) is 6.26. The minimum atomic E-state index is -0.407. The van der Waals surface area contributed by atoms with E-state index in [0.29, 0.717) is 35.3 Å². The molecule has 1 saturated heterocycles. The van der Waals surface area contributed by atoms with Gasteiger partial charge in [0.15, 0.2) is 0 Å². The number of halogens is 2. The van der Waals surface area contributed by atoms with Crippen LogP contribution in [0.4, 0.5) is 0 Å². The maximum Gasteiger partial charge on any atom is 0.256 e. The first-order valence-corrected chi connectivity index (χ1v) is 9.86. The van der Waals surface area contributed by atoms with Gasteiger partial charge in [0.25, 0.3) is 5.91 Å².